The van der Waals surface area contributed by atoms with Crippen LogP contribution < -0.4 is 5.32 Å². The summed E-state index contributed by atoms with van der Waals surface area (Å²) >= 11 is 1.65. The van der Waals surface area contributed by atoms with Gasteiger partial charge < -0.3 is 19.7 Å². The molecule has 3 N–H and O–H groups in total. The largest absolute Gasteiger partial charge is 0.468 e. The summed E-state index contributed by atoms with van der Waals surface area (Å²) in [5.74, 6) is 0.281. The summed E-state index contributed by atoms with van der Waals surface area (Å²) in [6.07, 6.45) is 7.57. The summed E-state index contributed by atoms with van der Waals surface area (Å²) in [7, 11) is 1.38. The summed E-state index contributed by atoms with van der Waals surface area (Å²) in [5, 5.41) is 24.5. The van der Waals surface area contributed by atoms with Gasteiger partial charge >= 0.3 is 11.9 Å². The number of methoxy groups -OCH3 is 1. The summed E-state index contributed by atoms with van der Waals surface area (Å²) < 4.78 is 10.3. The third-order valence-corrected chi connectivity index (χ3v) is 9.44. The molecule has 10 heteroatoms. The minimum atomic E-state index is -0.576. The van der Waals surface area contributed by atoms with Crippen LogP contribution in [0.3, 0.4) is 0 Å². The van der Waals surface area contributed by atoms with Gasteiger partial charge in [-0.25, -0.2) is 4.79 Å². The van der Waals surface area contributed by atoms with E-state index < -0.39 is 17.6 Å². The fraction of sp³-hybridized carbons (Fsp3) is 0.769. The number of esters is 2. The van der Waals surface area contributed by atoms with Crippen LogP contribution in [0.4, 0.5) is 0 Å². The quantitative estimate of drug-likeness (QED) is 0.227. The Morgan fingerprint density at radius 3 is 2.61 bits per heavy atom. The number of thioether (sulfide) groups is 1. The van der Waals surface area contributed by atoms with Gasteiger partial charge in [-0.1, -0.05) is 26.0 Å². The van der Waals surface area contributed by atoms with E-state index in [1.54, 1.807) is 17.8 Å². The summed E-state index contributed by atoms with van der Waals surface area (Å²) in [6.45, 7) is 8.83. The van der Waals surface area contributed by atoms with Gasteiger partial charge in [0.1, 0.15) is 12.6 Å². The third-order valence-electron chi connectivity index (χ3n) is 8.79. The van der Waals surface area contributed by atoms with E-state index >= 15 is 0 Å². The molecule has 3 aliphatic rings. The maximum absolute atomic E-state index is 12.6. The maximum Gasteiger partial charge on any atom is 0.335 e. The van der Waals surface area contributed by atoms with E-state index in [4.69, 9.17) is 9.47 Å². The van der Waals surface area contributed by atoms with Gasteiger partial charge in [-0.05, 0) is 73.9 Å². The number of carbonyl (C=O) groups is 2. The first-order valence-electron chi connectivity index (χ1n) is 12.3. The fourth-order valence-electron chi connectivity index (χ4n) is 6.70. The molecule has 2 aliphatic carbocycles. The number of nitrogens with one attached hydrogen (secondary N) is 1. The van der Waals surface area contributed by atoms with Crippen LogP contribution in [-0.2, 0) is 19.1 Å². The van der Waals surface area contributed by atoms with Crippen molar-refractivity contribution in [3.05, 3.63) is 23.8 Å². The molecule has 0 aromatic rings. The second-order valence-electron chi connectivity index (χ2n) is 10.6. The number of hydrogen-bond acceptors (Lipinski definition) is 8. The Morgan fingerprint density at radius 1 is 1.36 bits per heavy atom. The van der Waals surface area contributed by atoms with E-state index in [0.717, 1.165) is 30.6 Å². The molecule has 1 heterocycles. The third kappa shape index (κ3) is 7.43. The van der Waals surface area contributed by atoms with Crippen molar-refractivity contribution in [3.8, 4) is 0 Å². The normalized spacial score (nSPS) is 33.3. The molecule has 2 saturated carbocycles. The summed E-state index contributed by atoms with van der Waals surface area (Å²) in [6, 6.07) is -0.918. The molecule has 0 bridgehead atoms. The van der Waals surface area contributed by atoms with Crippen LogP contribution in [0, 0.1) is 111 Å². The van der Waals surface area contributed by atoms with E-state index in [2.05, 4.69) is 18.8 Å². The number of ether oxygens (including phenoxy) is 2. The van der Waals surface area contributed by atoms with Gasteiger partial charge in [0.05, 0.1) is 25.4 Å². The SMILES string of the molecule is C=C1CCC2[C@](C)(CO)C(O)CC[C@]2(C)[C@H]1CC(NC(CCSC)C(=O)OC)C1=CCOC1=O.[Ac].[Ac]. The molecule has 36 heavy (non-hydrogen) atoms. The molecule has 7 nitrogen and oxygen atoms in total. The van der Waals surface area contributed by atoms with E-state index in [0.29, 0.717) is 24.8 Å². The van der Waals surface area contributed by atoms with E-state index in [1.807, 2.05) is 13.2 Å². The van der Waals surface area contributed by atoms with Crippen LogP contribution in [0.15, 0.2) is 23.8 Å². The number of hydrogen-bond donors (Lipinski definition) is 3. The van der Waals surface area contributed by atoms with Crippen molar-refractivity contribution >= 4 is 23.7 Å². The number of fused-ring (bicyclic) bond motifs is 1. The van der Waals surface area contributed by atoms with Gasteiger partial charge in [0, 0.05) is 99.6 Å². The average Bonchev–Trinajstić information content (AvgIpc) is 3.25. The van der Waals surface area contributed by atoms with Crippen molar-refractivity contribution in [2.45, 2.75) is 70.6 Å². The monoisotopic (exact) mass is 949 g/mol. The molecule has 0 amide bonds. The summed E-state index contributed by atoms with van der Waals surface area (Å²) in [5.41, 5.74) is 0.924. The number of aliphatic hydroxyl groups is 2. The Bertz CT molecular complexity index is 826. The second-order valence-corrected chi connectivity index (χ2v) is 11.6. The van der Waals surface area contributed by atoms with Gasteiger partial charge in [0.15, 0.2) is 0 Å². The molecule has 2 radical (unpaired) electrons. The van der Waals surface area contributed by atoms with Crippen molar-refractivity contribution in [1.29, 1.82) is 0 Å². The Hall–Kier alpha value is 1.53. The smallest absolute Gasteiger partial charge is 0.335 e. The van der Waals surface area contributed by atoms with E-state index in [-0.39, 0.29) is 137 Å². The second kappa shape index (κ2) is 15.5. The Balaban J connectivity index is 0.00000324. The molecule has 7 atom stereocenters. The average molecular weight is 950 g/mol. The molecule has 0 spiro atoms. The predicted molar refractivity (Wildman–Crippen MR) is 133 cm³/mol. The van der Waals surface area contributed by atoms with E-state index in [9.17, 15) is 19.8 Å². The van der Waals surface area contributed by atoms with Crippen molar-refractivity contribution in [2.75, 3.05) is 32.3 Å². The van der Waals surface area contributed by atoms with Gasteiger partial charge in [0.25, 0.3) is 0 Å². The number of allylic oxidation sites excluding steroid dienone is 1. The fourth-order valence-corrected chi connectivity index (χ4v) is 7.18. The topological polar surface area (TPSA) is 105 Å². The zero-order valence-electron chi connectivity index (χ0n) is 22.1. The number of carbonyl (C=O) groups excluding carboxylic acids is 2. The molecule has 0 aromatic carbocycles. The Labute approximate surface area is 291 Å². The van der Waals surface area contributed by atoms with Gasteiger partial charge in [0.2, 0.25) is 0 Å². The van der Waals surface area contributed by atoms with Crippen molar-refractivity contribution < 1.29 is 117 Å². The number of aliphatic hydroxyl groups excluding tert-OH is 2. The molecular formula is C26H41Ac2NO6S. The molecule has 1 aliphatic heterocycles. The first-order valence-corrected chi connectivity index (χ1v) is 13.7. The minimum Gasteiger partial charge on any atom is -0.468 e. The molecular weight excluding hydrogens is 908 g/mol. The van der Waals surface area contributed by atoms with Crippen molar-refractivity contribution in [3.63, 3.8) is 0 Å². The van der Waals surface area contributed by atoms with Crippen LogP contribution >= 0.6 is 11.8 Å². The standard InChI is InChI=1S/C26H41NO6S.2Ac/c1-16-6-7-21-25(2,11-8-22(29)26(21,3)15-28)18(16)14-20(17-9-12-33-23(17)30)27-19(10-13-34-5)24(31)32-4;;/h9,18-22,27-29H,1,6-8,10-15H2,2-5H3;;/t18-,19?,20?,21?,22?,25+,26-;;/m0../s1. The van der Waals surface area contributed by atoms with Gasteiger partial charge in [-0.15, -0.1) is 0 Å². The molecule has 3 rings (SSSR count). The first kappa shape index (κ1) is 35.6. The van der Waals surface area contributed by atoms with Crippen molar-refractivity contribution in [2.24, 2.45) is 22.7 Å². The van der Waals surface area contributed by atoms with Crippen LogP contribution in [0.2, 0.25) is 0 Å². The minimum absolute atomic E-state index is 0. The number of rotatable bonds is 10. The molecule has 0 saturated heterocycles. The zero-order valence-corrected chi connectivity index (χ0v) is 32.4. The molecule has 4 unspecified atom stereocenters. The van der Waals surface area contributed by atoms with Crippen molar-refractivity contribution in [1.82, 2.24) is 5.32 Å². The van der Waals surface area contributed by atoms with Crippen LogP contribution in [-0.4, -0.2) is 72.7 Å². The van der Waals surface area contributed by atoms with Crippen LogP contribution in [0.25, 0.3) is 0 Å². The zero-order chi connectivity index (χ0) is 25.1. The molecule has 198 valence electrons. The number of cyclic esters (lactones) is 1. The molecule has 2 fully saturated rings. The Kier molecular flexibility index (Phi) is 15.3. The van der Waals surface area contributed by atoms with Crippen LogP contribution in [0.5, 0.6) is 0 Å². The van der Waals surface area contributed by atoms with Gasteiger partial charge in [-0.2, -0.15) is 11.8 Å². The maximum atomic E-state index is 12.6. The van der Waals surface area contributed by atoms with E-state index in [1.165, 1.54) is 7.11 Å². The predicted octanol–water partition coefficient (Wildman–Crippen LogP) is 2.85. The van der Waals surface area contributed by atoms with Gasteiger partial charge in [-0.3, -0.25) is 10.1 Å². The summed E-state index contributed by atoms with van der Waals surface area (Å²) in [4.78, 5) is 25.1. The molecule has 0 aromatic heterocycles. The Morgan fingerprint density at radius 2 is 2.06 bits per heavy atom. The first-order chi connectivity index (χ1) is 16.1. The van der Waals surface area contributed by atoms with Crippen LogP contribution in [0.1, 0.15) is 52.4 Å².